The van der Waals surface area contributed by atoms with Crippen molar-refractivity contribution in [1.82, 2.24) is 4.90 Å². The molecular formula is C25H34N2O5S. The largest absolute Gasteiger partial charge is 0.477 e. The molecule has 2 amide bonds. The third kappa shape index (κ3) is 6.58. The fourth-order valence-electron chi connectivity index (χ4n) is 4.22. The number of morpholine rings is 1. The minimum Gasteiger partial charge on any atom is -0.477 e. The summed E-state index contributed by atoms with van der Waals surface area (Å²) in [5, 5.41) is 9.89. The molecule has 1 aliphatic heterocycles. The van der Waals surface area contributed by atoms with Crippen LogP contribution in [-0.2, 0) is 14.3 Å². The number of nitrogens with zero attached hydrogens (tertiary/aromatic N) is 2. The molecule has 1 N–H and O–H groups in total. The molecule has 0 aromatic carbocycles. The molecule has 3 rings (SSSR count). The zero-order valence-electron chi connectivity index (χ0n) is 20.0. The lowest BCUT2D eigenvalue weighted by Crippen LogP contribution is -2.52. The molecule has 7 nitrogen and oxygen atoms in total. The fraction of sp³-hybridized carbons (Fsp3) is 0.640. The molecule has 1 aromatic heterocycles. The van der Waals surface area contributed by atoms with Gasteiger partial charge in [0.25, 0.3) is 0 Å². The van der Waals surface area contributed by atoms with Gasteiger partial charge >= 0.3 is 5.97 Å². The Balaban J connectivity index is 1.97. The van der Waals surface area contributed by atoms with Crippen molar-refractivity contribution >= 4 is 34.8 Å². The summed E-state index contributed by atoms with van der Waals surface area (Å²) in [5.74, 6) is 4.50. The average Bonchev–Trinajstić information content (AvgIpc) is 3.20. The lowest BCUT2D eigenvalue weighted by atomic mass is 9.88. The number of amides is 2. The number of hydrogen-bond acceptors (Lipinski definition) is 5. The summed E-state index contributed by atoms with van der Waals surface area (Å²) in [6, 6.07) is 1.57. The van der Waals surface area contributed by atoms with Crippen LogP contribution < -0.4 is 4.90 Å². The molecule has 1 aromatic rings. The Morgan fingerprint density at radius 1 is 1.24 bits per heavy atom. The third-order valence-corrected chi connectivity index (χ3v) is 6.99. The lowest BCUT2D eigenvalue weighted by Gasteiger charge is -2.36. The average molecular weight is 475 g/mol. The van der Waals surface area contributed by atoms with Crippen LogP contribution in [0.2, 0.25) is 0 Å². The van der Waals surface area contributed by atoms with Gasteiger partial charge in [-0.3, -0.25) is 9.59 Å². The molecule has 0 radical (unpaired) electrons. The number of aromatic carboxylic acids is 1. The number of carboxylic acid groups (broad SMARTS) is 1. The van der Waals surface area contributed by atoms with Gasteiger partial charge in [-0.2, -0.15) is 0 Å². The summed E-state index contributed by atoms with van der Waals surface area (Å²) in [6.45, 7) is 9.05. The normalized spacial score (nSPS) is 19.5. The molecule has 8 heteroatoms. The highest BCUT2D eigenvalue weighted by molar-refractivity contribution is 7.15. The van der Waals surface area contributed by atoms with Crippen LogP contribution in [-0.4, -0.2) is 60.1 Å². The van der Waals surface area contributed by atoms with Gasteiger partial charge < -0.3 is 19.6 Å². The van der Waals surface area contributed by atoms with E-state index in [1.54, 1.807) is 11.0 Å². The monoisotopic (exact) mass is 474 g/mol. The topological polar surface area (TPSA) is 87.2 Å². The number of anilines is 1. The van der Waals surface area contributed by atoms with Crippen LogP contribution >= 0.6 is 11.3 Å². The Bertz CT molecular complexity index is 946. The summed E-state index contributed by atoms with van der Waals surface area (Å²) < 4.78 is 5.44. The fourth-order valence-corrected chi connectivity index (χ4v) is 5.07. The van der Waals surface area contributed by atoms with Gasteiger partial charge in [0.15, 0.2) is 0 Å². The van der Waals surface area contributed by atoms with Crippen molar-refractivity contribution in [2.24, 2.45) is 11.3 Å². The van der Waals surface area contributed by atoms with Crippen LogP contribution in [0.4, 0.5) is 5.69 Å². The summed E-state index contributed by atoms with van der Waals surface area (Å²) in [4.78, 5) is 42.7. The van der Waals surface area contributed by atoms with Crippen molar-refractivity contribution in [1.29, 1.82) is 0 Å². The van der Waals surface area contributed by atoms with E-state index in [0.29, 0.717) is 24.6 Å². The second kappa shape index (κ2) is 10.7. The van der Waals surface area contributed by atoms with Crippen LogP contribution in [0.25, 0.3) is 0 Å². The molecule has 33 heavy (non-hydrogen) atoms. The van der Waals surface area contributed by atoms with Gasteiger partial charge in [-0.05, 0) is 46.6 Å². The first kappa shape index (κ1) is 25.3. The predicted octanol–water partition coefficient (Wildman–Crippen LogP) is 4.00. The SMILES string of the molecule is CC1COCCN1C(=O)CN(C(=O)C1CCCCC1)c1cc(C#CC(C)(C)C)sc1C(=O)O. The summed E-state index contributed by atoms with van der Waals surface area (Å²) in [6.07, 6.45) is 4.56. The molecule has 1 atom stereocenters. The van der Waals surface area contributed by atoms with Gasteiger partial charge in [-0.25, -0.2) is 4.79 Å². The summed E-state index contributed by atoms with van der Waals surface area (Å²) in [7, 11) is 0. The second-order valence-electron chi connectivity index (χ2n) is 9.90. The Labute approximate surface area is 200 Å². The molecule has 1 aliphatic carbocycles. The lowest BCUT2D eigenvalue weighted by molar-refractivity contribution is -0.139. The van der Waals surface area contributed by atoms with Gasteiger partial charge in [-0.1, -0.05) is 31.1 Å². The van der Waals surface area contributed by atoms with Crippen LogP contribution in [0.5, 0.6) is 0 Å². The van der Waals surface area contributed by atoms with Gasteiger partial charge in [0.1, 0.15) is 11.4 Å². The highest BCUT2D eigenvalue weighted by atomic mass is 32.1. The van der Waals surface area contributed by atoms with E-state index < -0.39 is 5.97 Å². The van der Waals surface area contributed by atoms with Crippen LogP contribution in [0.3, 0.4) is 0 Å². The van der Waals surface area contributed by atoms with Gasteiger partial charge in [-0.15, -0.1) is 11.3 Å². The smallest absolute Gasteiger partial charge is 0.348 e. The molecule has 0 spiro atoms. The van der Waals surface area contributed by atoms with Crippen molar-refractivity contribution in [3.8, 4) is 11.8 Å². The quantitative estimate of drug-likeness (QED) is 0.652. The van der Waals surface area contributed by atoms with Crippen molar-refractivity contribution in [3.05, 3.63) is 15.8 Å². The number of rotatable bonds is 5. The van der Waals surface area contributed by atoms with Gasteiger partial charge in [0.2, 0.25) is 11.8 Å². The number of hydrogen-bond donors (Lipinski definition) is 1. The van der Waals surface area contributed by atoms with E-state index >= 15 is 0 Å². The van der Waals surface area contributed by atoms with Crippen molar-refractivity contribution in [2.75, 3.05) is 31.2 Å². The van der Waals surface area contributed by atoms with E-state index in [1.807, 2.05) is 27.7 Å². The van der Waals surface area contributed by atoms with E-state index in [4.69, 9.17) is 4.74 Å². The maximum Gasteiger partial charge on any atom is 0.348 e. The summed E-state index contributed by atoms with van der Waals surface area (Å²) >= 11 is 1.05. The molecule has 0 bridgehead atoms. The zero-order valence-corrected chi connectivity index (χ0v) is 20.8. The summed E-state index contributed by atoms with van der Waals surface area (Å²) in [5.41, 5.74) is 0.0312. The molecule has 1 unspecified atom stereocenters. The number of carbonyl (C=O) groups is 3. The predicted molar refractivity (Wildman–Crippen MR) is 129 cm³/mol. The Morgan fingerprint density at radius 2 is 1.94 bits per heavy atom. The minimum absolute atomic E-state index is 0.0418. The van der Waals surface area contributed by atoms with Crippen molar-refractivity contribution in [2.45, 2.75) is 65.8 Å². The van der Waals surface area contributed by atoms with E-state index in [1.165, 1.54) is 4.90 Å². The van der Waals surface area contributed by atoms with Crippen LogP contribution in [0.1, 0.15) is 74.3 Å². The highest BCUT2D eigenvalue weighted by Gasteiger charge is 2.34. The molecular weight excluding hydrogens is 440 g/mol. The molecule has 2 fully saturated rings. The van der Waals surface area contributed by atoms with Gasteiger partial charge in [0.05, 0.1) is 29.8 Å². The van der Waals surface area contributed by atoms with E-state index in [2.05, 4.69) is 11.8 Å². The van der Waals surface area contributed by atoms with Gasteiger partial charge in [0, 0.05) is 17.9 Å². The minimum atomic E-state index is -1.12. The Morgan fingerprint density at radius 3 is 2.55 bits per heavy atom. The maximum atomic E-state index is 13.6. The molecule has 180 valence electrons. The van der Waals surface area contributed by atoms with Crippen molar-refractivity contribution < 1.29 is 24.2 Å². The Hall–Kier alpha value is -2.37. The molecule has 1 saturated heterocycles. The number of carboxylic acids is 1. The third-order valence-electron chi connectivity index (χ3n) is 5.96. The standard InChI is InChI=1S/C25H34N2O5S/c1-17-16-32-13-12-26(17)21(28)15-27(23(29)18-8-6-5-7-9-18)20-14-19(10-11-25(2,3)4)33-22(20)24(30)31/h14,17-18H,5-9,12-13,15-16H2,1-4H3,(H,30,31). The maximum absolute atomic E-state index is 13.6. The first-order valence-electron chi connectivity index (χ1n) is 11.7. The molecule has 2 aliphatic rings. The second-order valence-corrected chi connectivity index (χ2v) is 11.0. The van der Waals surface area contributed by atoms with E-state index in [0.717, 1.165) is 43.4 Å². The zero-order chi connectivity index (χ0) is 24.2. The number of thiophene rings is 1. The molecule has 1 saturated carbocycles. The highest BCUT2D eigenvalue weighted by Crippen LogP contribution is 2.34. The van der Waals surface area contributed by atoms with E-state index in [-0.39, 0.29) is 46.3 Å². The first-order chi connectivity index (χ1) is 15.6. The van der Waals surface area contributed by atoms with Crippen molar-refractivity contribution in [3.63, 3.8) is 0 Å². The van der Waals surface area contributed by atoms with Crippen LogP contribution in [0.15, 0.2) is 6.07 Å². The number of ether oxygens (including phenoxy) is 1. The first-order valence-corrected chi connectivity index (χ1v) is 12.5. The van der Waals surface area contributed by atoms with E-state index in [9.17, 15) is 19.5 Å². The number of carbonyl (C=O) groups excluding carboxylic acids is 2. The molecule has 2 heterocycles. The Kier molecular flexibility index (Phi) is 8.19. The van der Waals surface area contributed by atoms with Crippen LogP contribution in [0, 0.1) is 23.2 Å².